The second-order valence-electron chi connectivity index (χ2n) is 17.9. The molecule has 332 valence electrons. The number of benzene rings is 3. The number of allylic oxidation sites excluding steroid dienone is 1. The van der Waals surface area contributed by atoms with Crippen LogP contribution < -0.4 is 15.5 Å². The van der Waals surface area contributed by atoms with E-state index in [0.29, 0.717) is 47.0 Å². The lowest BCUT2D eigenvalue weighted by atomic mass is 9.86. The molecule has 13 nitrogen and oxygen atoms in total. The molecule has 16 heteroatoms. The lowest BCUT2D eigenvalue weighted by Gasteiger charge is -2.39. The third-order valence-corrected chi connectivity index (χ3v) is 13.8. The molecule has 3 aromatic carbocycles. The molecule has 4 amide bonds. The van der Waals surface area contributed by atoms with Gasteiger partial charge in [-0.25, -0.2) is 4.98 Å². The van der Waals surface area contributed by atoms with Crippen molar-refractivity contribution in [3.8, 4) is 0 Å². The first kappa shape index (κ1) is 42.7. The van der Waals surface area contributed by atoms with Crippen molar-refractivity contribution in [3.63, 3.8) is 0 Å². The third-order valence-electron chi connectivity index (χ3n) is 13.8. The molecule has 3 N–H and O–H groups in total. The van der Waals surface area contributed by atoms with Gasteiger partial charge in [0.25, 0.3) is 17.7 Å². The topological polar surface area (TPSA) is 143 Å². The van der Waals surface area contributed by atoms with Crippen LogP contribution in [-0.4, -0.2) is 111 Å². The van der Waals surface area contributed by atoms with Crippen LogP contribution in [0.1, 0.15) is 99.6 Å². The number of aromatic nitrogens is 2. The Bertz CT molecular complexity index is 2430. The number of piperazine rings is 1. The average Bonchev–Trinajstić information content (AvgIpc) is 3.76. The summed E-state index contributed by atoms with van der Waals surface area (Å²) >= 11 is 0. The average molecular weight is 867 g/mol. The lowest BCUT2D eigenvalue weighted by molar-refractivity contribution is -0.137. The van der Waals surface area contributed by atoms with Gasteiger partial charge in [0.2, 0.25) is 11.9 Å². The van der Waals surface area contributed by atoms with E-state index in [1.807, 2.05) is 28.8 Å². The van der Waals surface area contributed by atoms with Gasteiger partial charge in [-0.3, -0.25) is 34.3 Å². The van der Waals surface area contributed by atoms with Crippen LogP contribution in [0.5, 0.6) is 0 Å². The number of halogens is 3. The summed E-state index contributed by atoms with van der Waals surface area (Å²) in [6, 6.07) is 15.2. The zero-order valence-corrected chi connectivity index (χ0v) is 35.2. The highest BCUT2D eigenvalue weighted by Crippen LogP contribution is 2.38. The summed E-state index contributed by atoms with van der Waals surface area (Å²) < 4.78 is 42.4. The predicted molar refractivity (Wildman–Crippen MR) is 231 cm³/mol. The smallest absolute Gasteiger partial charge is 0.396 e. The van der Waals surface area contributed by atoms with E-state index in [9.17, 15) is 37.5 Å². The minimum Gasteiger partial charge on any atom is -0.396 e. The van der Waals surface area contributed by atoms with Crippen molar-refractivity contribution in [1.82, 2.24) is 29.6 Å². The van der Waals surface area contributed by atoms with Crippen LogP contribution in [0.2, 0.25) is 0 Å². The van der Waals surface area contributed by atoms with Gasteiger partial charge >= 0.3 is 6.18 Å². The first-order valence-electron chi connectivity index (χ1n) is 22.1. The summed E-state index contributed by atoms with van der Waals surface area (Å²) in [5.74, 6) is -0.805. The Balaban J connectivity index is 0.793. The van der Waals surface area contributed by atoms with Crippen molar-refractivity contribution < 1.29 is 37.5 Å². The molecule has 3 saturated heterocycles. The first-order chi connectivity index (χ1) is 30.3. The number of hydrogen-bond acceptors (Lipinski definition) is 9. The van der Waals surface area contributed by atoms with E-state index < -0.39 is 35.5 Å². The Kier molecular flexibility index (Phi) is 11.9. The minimum atomic E-state index is -4.57. The highest BCUT2D eigenvalue weighted by Gasteiger charge is 2.44. The molecule has 4 aromatic rings. The van der Waals surface area contributed by atoms with E-state index in [0.717, 1.165) is 125 Å². The SMILES string of the molecule is C=C1CCC(N2C(=O)c3ccc(N4CCC(CN5CCN(Cc6ccc7c(c6)nc(NC(=O)c6cccc(C(F)(F)F)c6)n7[C@H]6CC[C@@H](CO)CC6)CC5)CC4)cc3C2=O)C(=O)N1. The molecule has 5 heterocycles. The van der Waals surface area contributed by atoms with Gasteiger partial charge in [0.15, 0.2) is 0 Å². The molecule has 1 aromatic heterocycles. The summed E-state index contributed by atoms with van der Waals surface area (Å²) in [6.45, 7) is 11.1. The van der Waals surface area contributed by atoms with Crippen molar-refractivity contribution >= 4 is 46.3 Å². The van der Waals surface area contributed by atoms with Crippen molar-refractivity contribution in [2.75, 3.05) is 62.6 Å². The molecule has 63 heavy (non-hydrogen) atoms. The normalized spacial score (nSPS) is 23.1. The number of aliphatic hydroxyl groups excluding tert-OH is 1. The number of nitrogens with zero attached hydrogens (tertiary/aromatic N) is 6. The molecular weight excluding hydrogens is 814 g/mol. The fraction of sp³-hybridized carbons (Fsp3) is 0.468. The Labute approximate surface area is 363 Å². The summed E-state index contributed by atoms with van der Waals surface area (Å²) in [5, 5.41) is 15.3. The van der Waals surface area contributed by atoms with Crippen LogP contribution in [0.3, 0.4) is 0 Å². The van der Waals surface area contributed by atoms with Crippen LogP contribution in [0.4, 0.5) is 24.8 Å². The van der Waals surface area contributed by atoms with Crippen LogP contribution in [0.15, 0.2) is 72.9 Å². The number of piperidine rings is 2. The number of nitrogens with one attached hydrogen (secondary N) is 2. The number of aliphatic hydroxyl groups is 1. The van der Waals surface area contributed by atoms with Gasteiger partial charge in [0.1, 0.15) is 6.04 Å². The molecule has 1 aliphatic carbocycles. The van der Waals surface area contributed by atoms with Crippen LogP contribution in [0.25, 0.3) is 11.0 Å². The number of carbonyl (C=O) groups is 4. The largest absolute Gasteiger partial charge is 0.416 e. The van der Waals surface area contributed by atoms with Crippen molar-refractivity contribution in [2.24, 2.45) is 11.8 Å². The minimum absolute atomic E-state index is 0.0174. The monoisotopic (exact) mass is 866 g/mol. The van der Waals surface area contributed by atoms with E-state index >= 15 is 0 Å². The van der Waals surface area contributed by atoms with Gasteiger partial charge in [0.05, 0.1) is 27.7 Å². The zero-order chi connectivity index (χ0) is 44.0. The number of anilines is 2. The maximum Gasteiger partial charge on any atom is 0.416 e. The molecule has 0 spiro atoms. The maximum atomic E-state index is 13.5. The van der Waals surface area contributed by atoms with Crippen molar-refractivity contribution in [3.05, 3.63) is 101 Å². The second-order valence-corrected chi connectivity index (χ2v) is 17.9. The molecule has 4 fully saturated rings. The number of rotatable bonds is 10. The second kappa shape index (κ2) is 17.5. The number of imide groups is 1. The van der Waals surface area contributed by atoms with Gasteiger partial charge in [0, 0.05) is 82.0 Å². The zero-order valence-electron chi connectivity index (χ0n) is 35.2. The van der Waals surface area contributed by atoms with Gasteiger partial charge in [-0.2, -0.15) is 13.2 Å². The number of carbonyl (C=O) groups excluding carboxylic acids is 4. The molecule has 1 atom stereocenters. The predicted octanol–water partition coefficient (Wildman–Crippen LogP) is 6.45. The van der Waals surface area contributed by atoms with Gasteiger partial charge in [-0.1, -0.05) is 18.7 Å². The van der Waals surface area contributed by atoms with Crippen molar-refractivity contribution in [2.45, 2.75) is 76.2 Å². The molecule has 0 radical (unpaired) electrons. The Morgan fingerprint density at radius 3 is 2.27 bits per heavy atom. The highest BCUT2D eigenvalue weighted by molar-refractivity contribution is 6.23. The number of hydrogen-bond donors (Lipinski definition) is 3. The first-order valence-corrected chi connectivity index (χ1v) is 22.1. The van der Waals surface area contributed by atoms with Crippen LogP contribution >= 0.6 is 0 Å². The fourth-order valence-electron chi connectivity index (χ4n) is 10.2. The Morgan fingerprint density at radius 2 is 1.56 bits per heavy atom. The molecular formula is C47H53F3N8O5. The maximum absolute atomic E-state index is 13.5. The number of alkyl halides is 3. The van der Waals surface area contributed by atoms with E-state index in [1.54, 1.807) is 6.07 Å². The number of fused-ring (bicyclic) bond motifs is 2. The fourth-order valence-corrected chi connectivity index (χ4v) is 10.2. The molecule has 1 saturated carbocycles. The van der Waals surface area contributed by atoms with E-state index in [2.05, 4.69) is 38.0 Å². The summed E-state index contributed by atoms with van der Waals surface area (Å²) in [4.78, 5) is 65.9. The summed E-state index contributed by atoms with van der Waals surface area (Å²) in [5.41, 5.74) is 3.87. The molecule has 9 rings (SSSR count). The molecule has 1 unspecified atom stereocenters. The molecule has 4 aliphatic heterocycles. The van der Waals surface area contributed by atoms with Gasteiger partial charge in [-0.05, 0) is 117 Å². The third kappa shape index (κ3) is 8.85. The van der Waals surface area contributed by atoms with E-state index in [1.165, 1.54) is 12.1 Å². The standard InChI is InChI=1S/C47H53F3N8O5/c1-29-5-13-41(43(61)51-29)58-44(62)37-12-11-36(25-38(37)45(58)63)56-17-15-30(16-18-56)26-54-19-21-55(22-20-54)27-32-8-14-40-39(23-32)52-46(57(40)35-9-6-31(28-59)7-10-35)53-42(60)33-3-2-4-34(24-33)47(48,49)50/h2-4,8,11-12,14,23-25,30-31,35,41,59H,1,5-7,9-10,13,15-22,26-28H2,(H,51,61)(H,52,53,60)/t31-,35+,41?. The van der Waals surface area contributed by atoms with Crippen LogP contribution in [0, 0.1) is 11.8 Å². The number of amides is 4. The summed E-state index contributed by atoms with van der Waals surface area (Å²) in [6.07, 6.45) is 1.57. The molecule has 0 bridgehead atoms. The number of imidazole rings is 1. The quantitative estimate of drug-likeness (QED) is 0.153. The van der Waals surface area contributed by atoms with Gasteiger partial charge in [-0.15, -0.1) is 0 Å². The van der Waals surface area contributed by atoms with E-state index in [-0.39, 0.29) is 30.0 Å². The highest BCUT2D eigenvalue weighted by atomic mass is 19.4. The van der Waals surface area contributed by atoms with Gasteiger partial charge < -0.3 is 24.8 Å². The summed E-state index contributed by atoms with van der Waals surface area (Å²) in [7, 11) is 0. The Hall–Kier alpha value is -5.58. The lowest BCUT2D eigenvalue weighted by Crippen LogP contribution is -2.51. The van der Waals surface area contributed by atoms with Crippen molar-refractivity contribution in [1.29, 1.82) is 0 Å². The van der Waals surface area contributed by atoms with E-state index in [4.69, 9.17) is 4.98 Å². The Morgan fingerprint density at radius 1 is 0.825 bits per heavy atom. The van der Waals surface area contributed by atoms with Crippen LogP contribution in [-0.2, 0) is 17.5 Å². The molecule has 5 aliphatic rings.